The van der Waals surface area contributed by atoms with Gasteiger partial charge in [0.1, 0.15) is 5.82 Å². The van der Waals surface area contributed by atoms with Gasteiger partial charge in [-0.25, -0.2) is 4.39 Å². The smallest absolute Gasteiger partial charge is 0.260 e. The molecule has 3 aromatic rings. The Bertz CT molecular complexity index is 903. The average Bonchev–Trinajstić information content (AvgIpc) is 3.07. The molecule has 0 spiro atoms. The third kappa shape index (κ3) is 3.52. The highest BCUT2D eigenvalue weighted by molar-refractivity contribution is 6.13. The minimum atomic E-state index is -0.447. The summed E-state index contributed by atoms with van der Waals surface area (Å²) in [6.07, 6.45) is 5.10. The van der Waals surface area contributed by atoms with Gasteiger partial charge in [0.15, 0.2) is 0 Å². The molecule has 0 aliphatic heterocycles. The molecule has 0 fully saturated rings. The molecule has 0 unspecified atom stereocenters. The largest absolute Gasteiger partial charge is 0.305 e. The van der Waals surface area contributed by atoms with Gasteiger partial charge in [0.05, 0.1) is 23.0 Å². The number of aryl methyl sites for hydroxylation is 1. The molecule has 2 aromatic heterocycles. The molecule has 2 heterocycles. The number of anilines is 1. The van der Waals surface area contributed by atoms with E-state index in [0.717, 1.165) is 0 Å². The highest BCUT2D eigenvalue weighted by Crippen LogP contribution is 2.24. The molecule has 1 aromatic carbocycles. The number of halogens is 1. The van der Waals surface area contributed by atoms with Crippen LogP contribution in [0.1, 0.15) is 31.1 Å². The van der Waals surface area contributed by atoms with Gasteiger partial charge in [0, 0.05) is 30.9 Å². The van der Waals surface area contributed by atoms with Gasteiger partial charge in [-0.05, 0) is 31.0 Å². The van der Waals surface area contributed by atoms with Gasteiger partial charge in [-0.3, -0.25) is 14.5 Å². The number of amides is 1. The van der Waals surface area contributed by atoms with Gasteiger partial charge >= 0.3 is 0 Å². The summed E-state index contributed by atoms with van der Waals surface area (Å²) in [5, 5.41) is 4.86. The fourth-order valence-corrected chi connectivity index (χ4v) is 2.80. The molecule has 3 rings (SSSR count). The Morgan fingerprint density at radius 1 is 1.36 bits per heavy atom. The zero-order valence-electron chi connectivity index (χ0n) is 14.6. The van der Waals surface area contributed by atoms with Crippen LogP contribution in [0.2, 0.25) is 0 Å². The first-order chi connectivity index (χ1) is 12.0. The van der Waals surface area contributed by atoms with E-state index in [1.165, 1.54) is 12.1 Å². The van der Waals surface area contributed by atoms with Crippen molar-refractivity contribution in [2.75, 3.05) is 11.4 Å². The third-order valence-corrected chi connectivity index (χ3v) is 3.95. The topological polar surface area (TPSA) is 51.0 Å². The van der Waals surface area contributed by atoms with Gasteiger partial charge in [-0.1, -0.05) is 19.9 Å². The molecule has 0 atom stereocenters. The summed E-state index contributed by atoms with van der Waals surface area (Å²) in [4.78, 5) is 19.2. The Morgan fingerprint density at radius 2 is 2.16 bits per heavy atom. The molecule has 0 bridgehead atoms. The van der Waals surface area contributed by atoms with Crippen LogP contribution >= 0.6 is 0 Å². The highest BCUT2D eigenvalue weighted by Gasteiger charge is 2.23. The number of pyridine rings is 1. The first-order valence-corrected chi connectivity index (χ1v) is 8.38. The molecule has 25 heavy (non-hydrogen) atoms. The van der Waals surface area contributed by atoms with E-state index in [2.05, 4.69) is 10.1 Å². The van der Waals surface area contributed by atoms with E-state index in [1.54, 1.807) is 34.1 Å². The minimum absolute atomic E-state index is 0.252. The van der Waals surface area contributed by atoms with Gasteiger partial charge in [-0.2, -0.15) is 5.10 Å². The number of benzene rings is 1. The summed E-state index contributed by atoms with van der Waals surface area (Å²) in [5.74, 6) is -0.466. The van der Waals surface area contributed by atoms with Crippen molar-refractivity contribution in [1.82, 2.24) is 14.8 Å². The number of rotatable bonds is 5. The van der Waals surface area contributed by atoms with Crippen LogP contribution in [0.3, 0.4) is 0 Å². The SMILES string of the molecule is CCn1cc(N(CC(C)C)C(=O)c2cc(F)cc3cccnc23)cn1. The summed E-state index contributed by atoms with van der Waals surface area (Å²) in [6, 6.07) is 6.13. The normalized spacial score (nSPS) is 11.2. The van der Waals surface area contributed by atoms with Gasteiger partial charge in [0.25, 0.3) is 5.91 Å². The van der Waals surface area contributed by atoms with Gasteiger partial charge < -0.3 is 4.90 Å². The van der Waals surface area contributed by atoms with Crippen LogP contribution in [0.15, 0.2) is 42.9 Å². The van der Waals surface area contributed by atoms with E-state index >= 15 is 0 Å². The van der Waals surface area contributed by atoms with E-state index in [-0.39, 0.29) is 17.4 Å². The monoisotopic (exact) mass is 340 g/mol. The van der Waals surface area contributed by atoms with Crippen molar-refractivity contribution in [3.05, 3.63) is 54.2 Å². The number of fused-ring (bicyclic) bond motifs is 1. The maximum Gasteiger partial charge on any atom is 0.260 e. The Balaban J connectivity index is 2.09. The van der Waals surface area contributed by atoms with Crippen molar-refractivity contribution in [3.63, 3.8) is 0 Å². The molecular weight excluding hydrogens is 319 g/mol. The van der Waals surface area contributed by atoms with E-state index in [1.807, 2.05) is 27.0 Å². The van der Waals surface area contributed by atoms with Crippen molar-refractivity contribution >= 4 is 22.5 Å². The van der Waals surface area contributed by atoms with Crippen LogP contribution in [0.4, 0.5) is 10.1 Å². The van der Waals surface area contributed by atoms with Crippen molar-refractivity contribution in [3.8, 4) is 0 Å². The summed E-state index contributed by atoms with van der Waals surface area (Å²) >= 11 is 0. The fraction of sp³-hybridized carbons (Fsp3) is 0.316. The number of carbonyl (C=O) groups excluding carboxylic acids is 1. The summed E-state index contributed by atoms with van der Waals surface area (Å²) < 4.78 is 15.8. The van der Waals surface area contributed by atoms with Crippen molar-refractivity contribution in [2.45, 2.75) is 27.3 Å². The lowest BCUT2D eigenvalue weighted by atomic mass is 10.1. The molecule has 130 valence electrons. The predicted octanol–water partition coefficient (Wildman–Crippen LogP) is 3.89. The first kappa shape index (κ1) is 17.1. The number of hydrogen-bond donors (Lipinski definition) is 0. The molecular formula is C19H21FN4O. The van der Waals surface area contributed by atoms with Gasteiger partial charge in [0.2, 0.25) is 0 Å². The molecule has 0 saturated heterocycles. The second-order valence-electron chi connectivity index (χ2n) is 6.39. The summed E-state index contributed by atoms with van der Waals surface area (Å²) in [5.41, 5.74) is 1.47. The zero-order chi connectivity index (χ0) is 18.0. The number of carbonyl (C=O) groups is 1. The van der Waals surface area contributed by atoms with Gasteiger partial charge in [-0.15, -0.1) is 0 Å². The number of hydrogen-bond acceptors (Lipinski definition) is 3. The quantitative estimate of drug-likeness (QED) is 0.708. The molecule has 5 nitrogen and oxygen atoms in total. The lowest BCUT2D eigenvalue weighted by Gasteiger charge is -2.23. The second kappa shape index (κ2) is 7.01. The highest BCUT2D eigenvalue weighted by atomic mass is 19.1. The number of aromatic nitrogens is 3. The Kier molecular flexibility index (Phi) is 4.79. The van der Waals surface area contributed by atoms with E-state index in [0.29, 0.717) is 29.7 Å². The third-order valence-electron chi connectivity index (χ3n) is 3.95. The number of nitrogens with zero attached hydrogens (tertiary/aromatic N) is 4. The maximum atomic E-state index is 14.0. The van der Waals surface area contributed by atoms with Crippen LogP contribution in [0.5, 0.6) is 0 Å². The van der Waals surface area contributed by atoms with Crippen LogP contribution in [-0.2, 0) is 6.54 Å². The van der Waals surface area contributed by atoms with Crippen molar-refractivity contribution in [1.29, 1.82) is 0 Å². The molecule has 0 saturated carbocycles. The molecule has 6 heteroatoms. The zero-order valence-corrected chi connectivity index (χ0v) is 14.6. The second-order valence-corrected chi connectivity index (χ2v) is 6.39. The van der Waals surface area contributed by atoms with Crippen LogP contribution in [-0.4, -0.2) is 27.2 Å². The summed E-state index contributed by atoms with van der Waals surface area (Å²) in [7, 11) is 0. The Morgan fingerprint density at radius 3 is 2.84 bits per heavy atom. The molecule has 0 aliphatic carbocycles. The Labute approximate surface area is 146 Å². The van der Waals surface area contributed by atoms with Crippen molar-refractivity contribution < 1.29 is 9.18 Å². The van der Waals surface area contributed by atoms with E-state index in [9.17, 15) is 9.18 Å². The lowest BCUT2D eigenvalue weighted by Crippen LogP contribution is -2.34. The molecule has 1 amide bonds. The van der Waals surface area contributed by atoms with Crippen LogP contribution in [0, 0.1) is 11.7 Å². The minimum Gasteiger partial charge on any atom is -0.305 e. The standard InChI is InChI=1S/C19H21FN4O/c1-4-23-12-16(10-22-23)24(11-13(2)3)19(25)17-9-15(20)8-14-6-5-7-21-18(14)17/h5-10,12-13H,4,11H2,1-3H3. The molecule has 0 N–H and O–H groups in total. The van der Waals surface area contributed by atoms with E-state index in [4.69, 9.17) is 0 Å². The van der Waals surface area contributed by atoms with E-state index < -0.39 is 5.82 Å². The average molecular weight is 340 g/mol. The van der Waals surface area contributed by atoms with Crippen LogP contribution < -0.4 is 4.90 Å². The molecule has 0 aliphatic rings. The van der Waals surface area contributed by atoms with Crippen LogP contribution in [0.25, 0.3) is 10.9 Å². The summed E-state index contributed by atoms with van der Waals surface area (Å²) in [6.45, 7) is 7.28. The maximum absolute atomic E-state index is 14.0. The first-order valence-electron chi connectivity index (χ1n) is 8.38. The molecule has 0 radical (unpaired) electrons. The Hall–Kier alpha value is -2.76. The predicted molar refractivity (Wildman–Crippen MR) is 96.1 cm³/mol. The van der Waals surface area contributed by atoms with Crippen molar-refractivity contribution in [2.24, 2.45) is 5.92 Å². The fourth-order valence-electron chi connectivity index (χ4n) is 2.80. The lowest BCUT2D eigenvalue weighted by molar-refractivity contribution is 0.0985.